The molecule has 1 N–H and O–H groups in total. The fraction of sp³-hybridized carbons (Fsp3) is 0.684. The van der Waals surface area contributed by atoms with Gasteiger partial charge in [0.1, 0.15) is 0 Å². The molecule has 1 aromatic rings. The zero-order valence-electron chi connectivity index (χ0n) is 13.5. The van der Waals surface area contributed by atoms with Gasteiger partial charge in [0.2, 0.25) is 0 Å². The number of benzene rings is 1. The monoisotopic (exact) mass is 284 g/mol. The molecule has 0 bridgehead atoms. The van der Waals surface area contributed by atoms with Crippen LogP contribution in [0.1, 0.15) is 50.7 Å². The molecule has 2 atom stereocenters. The van der Waals surface area contributed by atoms with Crippen molar-refractivity contribution in [2.24, 2.45) is 5.92 Å². The Balaban J connectivity index is 1.68. The molecule has 3 aliphatic rings. The summed E-state index contributed by atoms with van der Waals surface area (Å²) in [6, 6.07) is 7.61. The van der Waals surface area contributed by atoms with Crippen LogP contribution in [0.15, 0.2) is 18.2 Å². The summed E-state index contributed by atoms with van der Waals surface area (Å²) in [6.45, 7) is 7.12. The summed E-state index contributed by atoms with van der Waals surface area (Å²) in [5.74, 6) is 0.895. The molecule has 1 aromatic carbocycles. The lowest BCUT2D eigenvalue weighted by molar-refractivity contribution is 0.260. The molecule has 2 aliphatic carbocycles. The highest BCUT2D eigenvalue weighted by molar-refractivity contribution is 5.59. The van der Waals surface area contributed by atoms with E-state index in [1.807, 2.05) is 0 Å². The zero-order chi connectivity index (χ0) is 14.4. The Bertz CT molecular complexity index is 534. The smallest absolute Gasteiger partial charge is 0.0405 e. The van der Waals surface area contributed by atoms with Gasteiger partial charge in [-0.05, 0) is 75.5 Å². The van der Waals surface area contributed by atoms with E-state index in [0.29, 0.717) is 11.6 Å². The fourth-order valence-corrected chi connectivity index (χ4v) is 4.40. The third-order valence-corrected chi connectivity index (χ3v) is 5.99. The quantitative estimate of drug-likeness (QED) is 0.893. The van der Waals surface area contributed by atoms with Gasteiger partial charge >= 0.3 is 0 Å². The largest absolute Gasteiger partial charge is 0.365 e. The molecule has 2 heteroatoms. The fourth-order valence-electron chi connectivity index (χ4n) is 4.40. The van der Waals surface area contributed by atoms with Crippen molar-refractivity contribution < 1.29 is 0 Å². The topological polar surface area (TPSA) is 15.3 Å². The lowest BCUT2D eigenvalue weighted by Crippen LogP contribution is -2.63. The predicted octanol–water partition coefficient (Wildman–Crippen LogP) is 3.53. The van der Waals surface area contributed by atoms with Crippen molar-refractivity contribution in [2.75, 3.05) is 18.0 Å². The number of nitrogens with one attached hydrogen (secondary N) is 1. The summed E-state index contributed by atoms with van der Waals surface area (Å²) in [5.41, 5.74) is 5.12. The van der Waals surface area contributed by atoms with Crippen molar-refractivity contribution >= 4 is 5.69 Å². The van der Waals surface area contributed by atoms with Crippen LogP contribution in [0, 0.1) is 5.92 Å². The summed E-state index contributed by atoms with van der Waals surface area (Å²) < 4.78 is 0. The van der Waals surface area contributed by atoms with Crippen LogP contribution < -0.4 is 10.2 Å². The van der Waals surface area contributed by atoms with Gasteiger partial charge in [0.25, 0.3) is 0 Å². The number of piperazine rings is 1. The van der Waals surface area contributed by atoms with E-state index in [4.69, 9.17) is 0 Å². The van der Waals surface area contributed by atoms with Crippen LogP contribution in [-0.4, -0.2) is 24.7 Å². The molecule has 2 unspecified atom stereocenters. The molecular formula is C19H28N2. The summed E-state index contributed by atoms with van der Waals surface area (Å²) in [6.07, 6.45) is 8.13. The van der Waals surface area contributed by atoms with Crippen molar-refractivity contribution in [3.8, 4) is 0 Å². The second kappa shape index (κ2) is 5.01. The van der Waals surface area contributed by atoms with Crippen LogP contribution in [0.4, 0.5) is 5.69 Å². The van der Waals surface area contributed by atoms with Crippen LogP contribution >= 0.6 is 0 Å². The van der Waals surface area contributed by atoms with Gasteiger partial charge in [-0.2, -0.15) is 0 Å². The molecule has 0 amide bonds. The second-order valence-electron chi connectivity index (χ2n) is 7.67. The van der Waals surface area contributed by atoms with E-state index in [-0.39, 0.29) is 0 Å². The van der Waals surface area contributed by atoms with Crippen molar-refractivity contribution in [3.63, 3.8) is 0 Å². The molecule has 2 fully saturated rings. The number of aryl methyl sites for hydroxylation is 1. The van der Waals surface area contributed by atoms with Crippen LogP contribution in [0.2, 0.25) is 0 Å². The first kappa shape index (κ1) is 13.6. The van der Waals surface area contributed by atoms with Crippen molar-refractivity contribution in [1.82, 2.24) is 5.32 Å². The lowest BCUT2D eigenvalue weighted by Gasteiger charge is -2.47. The van der Waals surface area contributed by atoms with E-state index in [1.54, 1.807) is 11.1 Å². The minimum atomic E-state index is 0.323. The Hall–Kier alpha value is -1.02. The third-order valence-electron chi connectivity index (χ3n) is 5.99. The van der Waals surface area contributed by atoms with E-state index in [0.717, 1.165) is 12.5 Å². The first-order valence-electron chi connectivity index (χ1n) is 8.80. The number of rotatable bonds is 2. The Kier molecular flexibility index (Phi) is 3.25. The molecule has 0 aromatic heterocycles. The minimum Gasteiger partial charge on any atom is -0.365 e. The van der Waals surface area contributed by atoms with E-state index in [9.17, 15) is 0 Å². The van der Waals surface area contributed by atoms with Crippen LogP contribution in [0.3, 0.4) is 0 Å². The number of anilines is 1. The van der Waals surface area contributed by atoms with Crippen molar-refractivity contribution in [3.05, 3.63) is 29.3 Å². The number of nitrogens with zero attached hydrogens (tertiary/aromatic N) is 1. The van der Waals surface area contributed by atoms with Crippen molar-refractivity contribution in [2.45, 2.75) is 64.0 Å². The van der Waals surface area contributed by atoms with E-state index < -0.39 is 0 Å². The normalized spacial score (nSPS) is 32.9. The summed E-state index contributed by atoms with van der Waals surface area (Å²) >= 11 is 0. The van der Waals surface area contributed by atoms with E-state index in [1.165, 1.54) is 50.8 Å². The maximum Gasteiger partial charge on any atom is 0.0405 e. The molecule has 1 aliphatic heterocycles. The van der Waals surface area contributed by atoms with Gasteiger partial charge in [-0.25, -0.2) is 0 Å². The standard InChI is InChI=1S/C19H28N2/c1-14-12-20-19(2,16-10-11-16)13-21(14)18-9-5-7-15-6-3-4-8-17(15)18/h5,7,9,14,16,20H,3-4,6,8,10-13H2,1-2H3. The van der Waals surface area contributed by atoms with Gasteiger partial charge in [0.15, 0.2) is 0 Å². The predicted molar refractivity (Wildman–Crippen MR) is 89.0 cm³/mol. The summed E-state index contributed by atoms with van der Waals surface area (Å²) in [5, 5.41) is 3.85. The summed E-state index contributed by atoms with van der Waals surface area (Å²) in [4.78, 5) is 2.71. The SMILES string of the molecule is CC1CNC(C)(C2CC2)CN1c1cccc2c1CCCC2. The second-order valence-corrected chi connectivity index (χ2v) is 7.67. The van der Waals surface area contributed by atoms with Gasteiger partial charge < -0.3 is 10.2 Å². The first-order chi connectivity index (χ1) is 10.2. The molecular weight excluding hydrogens is 256 g/mol. The van der Waals surface area contributed by atoms with Crippen LogP contribution in [0.25, 0.3) is 0 Å². The molecule has 21 heavy (non-hydrogen) atoms. The molecule has 0 radical (unpaired) electrons. The van der Waals surface area contributed by atoms with E-state index in [2.05, 4.69) is 42.3 Å². The van der Waals surface area contributed by atoms with Gasteiger partial charge in [0, 0.05) is 30.4 Å². The molecule has 1 saturated carbocycles. The molecule has 0 spiro atoms. The summed E-state index contributed by atoms with van der Waals surface area (Å²) in [7, 11) is 0. The van der Waals surface area contributed by atoms with Gasteiger partial charge in [-0.3, -0.25) is 0 Å². The number of hydrogen-bond donors (Lipinski definition) is 1. The van der Waals surface area contributed by atoms with Crippen LogP contribution in [0.5, 0.6) is 0 Å². The number of fused-ring (bicyclic) bond motifs is 1. The van der Waals surface area contributed by atoms with Crippen LogP contribution in [-0.2, 0) is 12.8 Å². The Morgan fingerprint density at radius 1 is 1.19 bits per heavy atom. The molecule has 1 heterocycles. The maximum atomic E-state index is 3.85. The molecule has 4 rings (SSSR count). The molecule has 114 valence electrons. The average Bonchev–Trinajstić information content (AvgIpc) is 3.35. The highest BCUT2D eigenvalue weighted by Crippen LogP contribution is 2.43. The first-order valence-corrected chi connectivity index (χ1v) is 8.80. The Labute approximate surface area is 128 Å². The molecule has 1 saturated heterocycles. The highest BCUT2D eigenvalue weighted by Gasteiger charge is 2.45. The van der Waals surface area contributed by atoms with Gasteiger partial charge in [0.05, 0.1) is 0 Å². The minimum absolute atomic E-state index is 0.323. The third kappa shape index (κ3) is 2.38. The zero-order valence-corrected chi connectivity index (χ0v) is 13.5. The number of hydrogen-bond acceptors (Lipinski definition) is 2. The van der Waals surface area contributed by atoms with Gasteiger partial charge in [-0.1, -0.05) is 12.1 Å². The average molecular weight is 284 g/mol. The lowest BCUT2D eigenvalue weighted by atomic mass is 9.87. The maximum absolute atomic E-state index is 3.85. The van der Waals surface area contributed by atoms with Gasteiger partial charge in [-0.15, -0.1) is 0 Å². The highest BCUT2D eigenvalue weighted by atomic mass is 15.3. The van der Waals surface area contributed by atoms with E-state index >= 15 is 0 Å². The Morgan fingerprint density at radius 2 is 2.00 bits per heavy atom. The Morgan fingerprint density at radius 3 is 2.81 bits per heavy atom. The molecule has 2 nitrogen and oxygen atoms in total. The van der Waals surface area contributed by atoms with Crippen molar-refractivity contribution in [1.29, 1.82) is 0 Å².